The van der Waals surface area contributed by atoms with Crippen LogP contribution < -0.4 is 0 Å². The Balaban J connectivity index is 0.000000453. The average molecular weight is 462 g/mol. The molecular weight excluding hydrogens is 434 g/mol. The zero-order valence-electron chi connectivity index (χ0n) is 12.4. The third-order valence-corrected chi connectivity index (χ3v) is 3.23. The molecule has 0 spiro atoms. The van der Waals surface area contributed by atoms with Crippen LogP contribution in [0.25, 0.3) is 5.32 Å². The Bertz CT molecular complexity index is 208. The van der Waals surface area contributed by atoms with Gasteiger partial charge in [0.25, 0.3) is 0 Å². The molecule has 2 heterocycles. The van der Waals surface area contributed by atoms with Crippen molar-refractivity contribution in [1.82, 2.24) is 4.90 Å². The maximum absolute atomic E-state index is 4.49. The molecule has 0 aromatic heterocycles. The first-order valence-corrected chi connectivity index (χ1v) is 6.49. The standard InChI is InChI=1S/C10H19N2.C4H9.U/c1-10(2,3)12-5-4-8-6-11-7-9(8)12;1-4(2)3;/h8-9H,4-7H2,1-3H3;1-3H3;/q2*-1;+2. The fourth-order valence-electron chi connectivity index (χ4n) is 2.58. The first-order chi connectivity index (χ1) is 7.32. The van der Waals surface area contributed by atoms with Crippen molar-refractivity contribution >= 4 is 0 Å². The SMILES string of the molecule is CC(C)(C)N1CCC2C[N-]CC21.C[C-](C)C.[U+2]. The molecule has 2 unspecified atom stereocenters. The molecule has 98 valence electrons. The minimum atomic E-state index is 0. The zero-order valence-corrected chi connectivity index (χ0v) is 16.5. The van der Waals surface area contributed by atoms with Crippen molar-refractivity contribution < 1.29 is 31.1 Å². The summed E-state index contributed by atoms with van der Waals surface area (Å²) in [5, 5.41) is 4.49. The van der Waals surface area contributed by atoms with Crippen LogP contribution in [0, 0.1) is 42.9 Å². The van der Waals surface area contributed by atoms with E-state index in [2.05, 4.69) is 51.8 Å². The first-order valence-electron chi connectivity index (χ1n) is 6.49. The van der Waals surface area contributed by atoms with Gasteiger partial charge in [-0.05, 0) is 45.7 Å². The van der Waals surface area contributed by atoms with Crippen molar-refractivity contribution in [2.45, 2.75) is 59.5 Å². The predicted octanol–water partition coefficient (Wildman–Crippen LogP) is 3.48. The monoisotopic (exact) mass is 462 g/mol. The Labute approximate surface area is 132 Å². The third-order valence-electron chi connectivity index (χ3n) is 3.23. The van der Waals surface area contributed by atoms with Crippen LogP contribution >= 0.6 is 0 Å². The molecule has 2 rings (SSSR count). The first kappa shape index (κ1) is 18.0. The summed E-state index contributed by atoms with van der Waals surface area (Å²) >= 11 is 0. The Kier molecular flexibility index (Phi) is 7.97. The van der Waals surface area contributed by atoms with Crippen molar-refractivity contribution in [1.29, 1.82) is 0 Å². The van der Waals surface area contributed by atoms with E-state index >= 15 is 0 Å². The number of nitrogens with zero attached hydrogens (tertiary/aromatic N) is 2. The van der Waals surface area contributed by atoms with Gasteiger partial charge in [0.1, 0.15) is 0 Å². The molecule has 2 nitrogen and oxygen atoms in total. The molecule has 2 atom stereocenters. The number of likely N-dealkylation sites (tertiary alicyclic amines) is 1. The van der Waals surface area contributed by atoms with Gasteiger partial charge in [0.2, 0.25) is 0 Å². The van der Waals surface area contributed by atoms with Gasteiger partial charge in [0.15, 0.2) is 0 Å². The molecule has 0 saturated carbocycles. The molecule has 17 heavy (non-hydrogen) atoms. The Morgan fingerprint density at radius 1 is 1.12 bits per heavy atom. The molecular formula is C14H28N2U. The fraction of sp³-hybridized carbons (Fsp3) is 0.929. The van der Waals surface area contributed by atoms with E-state index in [0.29, 0.717) is 5.54 Å². The van der Waals surface area contributed by atoms with Gasteiger partial charge < -0.3 is 11.2 Å². The topological polar surface area (TPSA) is 17.3 Å². The van der Waals surface area contributed by atoms with Crippen molar-refractivity contribution in [2.24, 2.45) is 5.92 Å². The van der Waals surface area contributed by atoms with Gasteiger partial charge in [-0.15, -0.1) is 13.1 Å². The van der Waals surface area contributed by atoms with E-state index in [4.69, 9.17) is 0 Å². The molecule has 2 aliphatic rings. The molecule has 3 heteroatoms. The van der Waals surface area contributed by atoms with Crippen LogP contribution in [0.2, 0.25) is 0 Å². The second-order valence-electron chi connectivity index (χ2n) is 6.57. The minimum Gasteiger partial charge on any atom is -0.661 e. The molecule has 2 aliphatic heterocycles. The van der Waals surface area contributed by atoms with Crippen molar-refractivity contribution in [2.75, 3.05) is 19.6 Å². The normalized spacial score (nSPS) is 28.4. The van der Waals surface area contributed by atoms with Crippen LogP contribution in [-0.4, -0.2) is 36.1 Å². The summed E-state index contributed by atoms with van der Waals surface area (Å²) in [6.07, 6.45) is 1.37. The summed E-state index contributed by atoms with van der Waals surface area (Å²) < 4.78 is 0. The van der Waals surface area contributed by atoms with Gasteiger partial charge in [-0.25, -0.2) is 0 Å². The van der Waals surface area contributed by atoms with Crippen molar-refractivity contribution in [3.63, 3.8) is 0 Å². The summed E-state index contributed by atoms with van der Waals surface area (Å²) in [6.45, 7) is 16.7. The van der Waals surface area contributed by atoms with Gasteiger partial charge in [-0.1, -0.05) is 0 Å². The van der Waals surface area contributed by atoms with Crippen molar-refractivity contribution in [3.05, 3.63) is 11.2 Å². The molecule has 0 amide bonds. The molecule has 0 radical (unpaired) electrons. The summed E-state index contributed by atoms with van der Waals surface area (Å²) in [4.78, 5) is 2.63. The van der Waals surface area contributed by atoms with Gasteiger partial charge >= 0.3 is 31.1 Å². The molecule has 0 N–H and O–H groups in total. The van der Waals surface area contributed by atoms with Crippen LogP contribution in [0.5, 0.6) is 0 Å². The van der Waals surface area contributed by atoms with E-state index in [0.717, 1.165) is 25.0 Å². The molecule has 0 aliphatic carbocycles. The maximum atomic E-state index is 4.49. The van der Waals surface area contributed by atoms with Crippen LogP contribution in [0.4, 0.5) is 0 Å². The Hall–Kier alpha value is 0.972. The van der Waals surface area contributed by atoms with Crippen molar-refractivity contribution in [3.8, 4) is 0 Å². The third kappa shape index (κ3) is 5.64. The quantitative estimate of drug-likeness (QED) is 0.504. The van der Waals surface area contributed by atoms with Crippen LogP contribution in [-0.2, 0) is 0 Å². The van der Waals surface area contributed by atoms with Gasteiger partial charge in [0, 0.05) is 5.54 Å². The summed E-state index contributed by atoms with van der Waals surface area (Å²) in [7, 11) is 0. The largest absolute Gasteiger partial charge is 2.00 e. The van der Waals surface area contributed by atoms with E-state index in [-0.39, 0.29) is 31.1 Å². The second-order valence-corrected chi connectivity index (χ2v) is 6.57. The minimum absolute atomic E-state index is 0. The molecule has 2 fully saturated rings. The molecule has 0 aromatic carbocycles. The van der Waals surface area contributed by atoms with Crippen LogP contribution in [0.15, 0.2) is 0 Å². The Morgan fingerprint density at radius 2 is 1.65 bits per heavy atom. The summed E-state index contributed by atoms with van der Waals surface area (Å²) in [6, 6.07) is 0.769. The molecule has 0 bridgehead atoms. The van der Waals surface area contributed by atoms with E-state index in [1.807, 2.05) is 0 Å². The maximum Gasteiger partial charge on any atom is 2.00 e. The van der Waals surface area contributed by atoms with Gasteiger partial charge in [0.05, 0.1) is 0 Å². The molecule has 0 aromatic rings. The number of hydrogen-bond acceptors (Lipinski definition) is 1. The second kappa shape index (κ2) is 7.53. The van der Waals surface area contributed by atoms with Crippen LogP contribution in [0.1, 0.15) is 48.0 Å². The van der Waals surface area contributed by atoms with Gasteiger partial charge in [-0.2, -0.15) is 20.8 Å². The summed E-state index contributed by atoms with van der Waals surface area (Å²) in [5.41, 5.74) is 0.347. The summed E-state index contributed by atoms with van der Waals surface area (Å²) in [5.74, 6) is 2.30. The predicted molar refractivity (Wildman–Crippen MR) is 71.7 cm³/mol. The van der Waals surface area contributed by atoms with E-state index < -0.39 is 0 Å². The van der Waals surface area contributed by atoms with Crippen LogP contribution in [0.3, 0.4) is 0 Å². The smallest absolute Gasteiger partial charge is 0.661 e. The van der Waals surface area contributed by atoms with E-state index in [9.17, 15) is 0 Å². The number of fused-ring (bicyclic) bond motifs is 1. The zero-order chi connectivity index (χ0) is 12.3. The molecule has 2 saturated heterocycles. The number of rotatable bonds is 0. The number of hydrogen-bond donors (Lipinski definition) is 0. The fourth-order valence-corrected chi connectivity index (χ4v) is 2.58. The van der Waals surface area contributed by atoms with E-state index in [1.165, 1.54) is 18.9 Å². The Morgan fingerprint density at radius 3 is 2.12 bits per heavy atom. The van der Waals surface area contributed by atoms with E-state index in [1.54, 1.807) is 0 Å². The average Bonchev–Trinajstić information content (AvgIpc) is 2.56. The van der Waals surface area contributed by atoms with Gasteiger partial charge in [-0.3, -0.25) is 4.90 Å².